The number of alkyl halides is 3. The van der Waals surface area contributed by atoms with Crippen LogP contribution in [0, 0.1) is 3.57 Å². The van der Waals surface area contributed by atoms with Crippen molar-refractivity contribution in [1.29, 1.82) is 0 Å². The van der Waals surface area contributed by atoms with E-state index in [1.54, 1.807) is 12.1 Å². The van der Waals surface area contributed by atoms with Crippen LogP contribution in [0.25, 0.3) is 0 Å². The van der Waals surface area contributed by atoms with Crippen molar-refractivity contribution in [1.82, 2.24) is 4.90 Å². The van der Waals surface area contributed by atoms with Crippen LogP contribution in [0.3, 0.4) is 0 Å². The zero-order valence-corrected chi connectivity index (χ0v) is 12.0. The number of phenolic OH excluding ortho intramolecular Hbond substituents is 1. The van der Waals surface area contributed by atoms with Crippen LogP contribution in [0.4, 0.5) is 13.2 Å². The molecule has 1 heterocycles. The van der Waals surface area contributed by atoms with Gasteiger partial charge in [0.15, 0.2) is 0 Å². The highest BCUT2D eigenvalue weighted by Gasteiger charge is 2.42. The largest absolute Gasteiger partial charge is 0.507 e. The SMILES string of the molecule is O=C(N1CCc2cc(O)c(I)cc2CC1)C(F)(F)F. The van der Waals surface area contributed by atoms with Gasteiger partial charge in [0.2, 0.25) is 0 Å². The second-order valence-corrected chi connectivity index (χ2v) is 5.52. The van der Waals surface area contributed by atoms with E-state index in [9.17, 15) is 23.1 Å². The Balaban J connectivity index is 2.20. The number of hydrogen-bond acceptors (Lipinski definition) is 2. The smallest absolute Gasteiger partial charge is 0.471 e. The van der Waals surface area contributed by atoms with Gasteiger partial charge >= 0.3 is 12.1 Å². The first-order valence-corrected chi connectivity index (χ1v) is 6.73. The van der Waals surface area contributed by atoms with Gasteiger partial charge in [0.05, 0.1) is 3.57 Å². The third-order valence-corrected chi connectivity index (χ3v) is 3.96. The maximum atomic E-state index is 12.4. The molecule has 0 fully saturated rings. The molecule has 104 valence electrons. The Kier molecular flexibility index (Phi) is 3.93. The van der Waals surface area contributed by atoms with Gasteiger partial charge in [0.25, 0.3) is 0 Å². The number of phenols is 1. The van der Waals surface area contributed by atoms with E-state index in [1.165, 1.54) is 0 Å². The summed E-state index contributed by atoms with van der Waals surface area (Å²) < 4.78 is 37.8. The first-order chi connectivity index (χ1) is 8.79. The van der Waals surface area contributed by atoms with Crippen LogP contribution in [-0.4, -0.2) is 35.2 Å². The maximum Gasteiger partial charge on any atom is 0.471 e. The molecule has 0 radical (unpaired) electrons. The van der Waals surface area contributed by atoms with Crippen LogP contribution in [0.2, 0.25) is 0 Å². The van der Waals surface area contributed by atoms with Gasteiger partial charge in [-0.05, 0) is 58.7 Å². The molecule has 1 aromatic carbocycles. The number of carbonyl (C=O) groups excluding carboxylic acids is 1. The molecule has 1 aliphatic heterocycles. The first-order valence-electron chi connectivity index (χ1n) is 5.65. The summed E-state index contributed by atoms with van der Waals surface area (Å²) in [5.41, 5.74) is 1.69. The minimum Gasteiger partial charge on any atom is -0.507 e. The Bertz CT molecular complexity index is 483. The van der Waals surface area contributed by atoms with E-state index in [-0.39, 0.29) is 18.8 Å². The molecule has 0 aromatic heterocycles. The summed E-state index contributed by atoms with van der Waals surface area (Å²) in [5.74, 6) is -1.67. The lowest BCUT2D eigenvalue weighted by Crippen LogP contribution is -2.42. The Labute approximate surface area is 121 Å². The molecule has 0 unspecified atom stereocenters. The van der Waals surface area contributed by atoms with E-state index in [0.717, 1.165) is 16.0 Å². The van der Waals surface area contributed by atoms with Crippen molar-refractivity contribution in [2.75, 3.05) is 13.1 Å². The Morgan fingerprint density at radius 1 is 1.21 bits per heavy atom. The van der Waals surface area contributed by atoms with Crippen molar-refractivity contribution in [2.24, 2.45) is 0 Å². The highest BCUT2D eigenvalue weighted by atomic mass is 127. The zero-order chi connectivity index (χ0) is 14.2. The van der Waals surface area contributed by atoms with Gasteiger partial charge < -0.3 is 10.0 Å². The monoisotopic (exact) mass is 385 g/mol. The predicted molar refractivity (Wildman–Crippen MR) is 70.9 cm³/mol. The quantitative estimate of drug-likeness (QED) is 0.698. The lowest BCUT2D eigenvalue weighted by molar-refractivity contribution is -0.185. The summed E-state index contributed by atoms with van der Waals surface area (Å²) in [7, 11) is 0. The average Bonchev–Trinajstić information content (AvgIpc) is 2.50. The van der Waals surface area contributed by atoms with Crippen LogP contribution in [0.1, 0.15) is 11.1 Å². The lowest BCUT2D eigenvalue weighted by atomic mass is 10.0. The topological polar surface area (TPSA) is 40.5 Å². The van der Waals surface area contributed by atoms with E-state index in [4.69, 9.17) is 0 Å². The number of carbonyl (C=O) groups is 1. The minimum absolute atomic E-state index is 0.0192. The normalized spacial score (nSPS) is 15.9. The molecule has 1 aromatic rings. The van der Waals surface area contributed by atoms with Gasteiger partial charge in [0.1, 0.15) is 5.75 Å². The van der Waals surface area contributed by atoms with Crippen molar-refractivity contribution < 1.29 is 23.1 Å². The highest BCUT2D eigenvalue weighted by Crippen LogP contribution is 2.28. The molecule has 2 rings (SSSR count). The van der Waals surface area contributed by atoms with Crippen LogP contribution in [0.5, 0.6) is 5.75 Å². The number of rotatable bonds is 0. The fraction of sp³-hybridized carbons (Fsp3) is 0.417. The van der Waals surface area contributed by atoms with Crippen molar-refractivity contribution in [2.45, 2.75) is 19.0 Å². The highest BCUT2D eigenvalue weighted by molar-refractivity contribution is 14.1. The van der Waals surface area contributed by atoms with Crippen LogP contribution >= 0.6 is 22.6 Å². The molecule has 7 heteroatoms. The van der Waals surface area contributed by atoms with E-state index < -0.39 is 12.1 Å². The van der Waals surface area contributed by atoms with E-state index in [0.29, 0.717) is 16.4 Å². The molecule has 1 amide bonds. The van der Waals surface area contributed by atoms with Gasteiger partial charge in [0, 0.05) is 13.1 Å². The van der Waals surface area contributed by atoms with Crippen molar-refractivity contribution in [3.63, 3.8) is 0 Å². The fourth-order valence-corrected chi connectivity index (χ4v) is 2.65. The average molecular weight is 385 g/mol. The van der Waals surface area contributed by atoms with Crippen molar-refractivity contribution >= 4 is 28.5 Å². The number of halogens is 4. The minimum atomic E-state index is -4.83. The third-order valence-electron chi connectivity index (χ3n) is 3.10. The second-order valence-electron chi connectivity index (χ2n) is 4.36. The predicted octanol–water partition coefficient (Wildman–Crippen LogP) is 2.49. The number of amides is 1. The summed E-state index contributed by atoms with van der Waals surface area (Å²) in [6.45, 7) is 0.0670. The molecule has 0 spiro atoms. The van der Waals surface area contributed by atoms with Crippen LogP contribution in [0.15, 0.2) is 12.1 Å². The summed E-state index contributed by atoms with van der Waals surface area (Å²) in [5, 5.41) is 9.60. The summed E-state index contributed by atoms with van der Waals surface area (Å²) in [6, 6.07) is 3.32. The number of nitrogens with zero attached hydrogens (tertiary/aromatic N) is 1. The second kappa shape index (κ2) is 5.18. The number of aromatic hydroxyl groups is 1. The molecule has 19 heavy (non-hydrogen) atoms. The molecule has 1 aliphatic rings. The molecule has 0 atom stereocenters. The lowest BCUT2D eigenvalue weighted by Gasteiger charge is -2.21. The van der Waals surface area contributed by atoms with E-state index in [1.807, 2.05) is 22.6 Å². The summed E-state index contributed by atoms with van der Waals surface area (Å²) in [6.07, 6.45) is -4.14. The van der Waals surface area contributed by atoms with Gasteiger partial charge in [-0.3, -0.25) is 4.79 Å². The summed E-state index contributed by atoms with van der Waals surface area (Å²) in [4.78, 5) is 12.0. The van der Waals surface area contributed by atoms with Gasteiger partial charge in [-0.25, -0.2) is 0 Å². The number of benzene rings is 1. The van der Waals surface area contributed by atoms with Crippen LogP contribution in [-0.2, 0) is 17.6 Å². The molecule has 1 N–H and O–H groups in total. The molecule has 0 bridgehead atoms. The Morgan fingerprint density at radius 3 is 2.26 bits per heavy atom. The molecule has 0 saturated heterocycles. The molecule has 0 saturated carbocycles. The molecule has 0 aliphatic carbocycles. The molecular weight excluding hydrogens is 374 g/mol. The maximum absolute atomic E-state index is 12.4. The first kappa shape index (κ1) is 14.4. The van der Waals surface area contributed by atoms with Gasteiger partial charge in [-0.15, -0.1) is 0 Å². The van der Waals surface area contributed by atoms with Crippen molar-refractivity contribution in [3.8, 4) is 5.75 Å². The fourth-order valence-electron chi connectivity index (χ4n) is 2.12. The van der Waals surface area contributed by atoms with Gasteiger partial charge in [-0.2, -0.15) is 13.2 Å². The summed E-state index contributed by atoms with van der Waals surface area (Å²) >= 11 is 1.96. The van der Waals surface area contributed by atoms with Crippen molar-refractivity contribution in [3.05, 3.63) is 26.8 Å². The van der Waals surface area contributed by atoms with E-state index in [2.05, 4.69) is 0 Å². The number of fused-ring (bicyclic) bond motifs is 1. The number of hydrogen-bond donors (Lipinski definition) is 1. The standard InChI is InChI=1S/C12H11F3INO2/c13-12(14,15)11(19)17-3-1-7-5-9(16)10(18)6-8(7)2-4-17/h5-6,18H,1-4H2. The molecular formula is C12H11F3INO2. The van der Waals surface area contributed by atoms with Crippen LogP contribution < -0.4 is 0 Å². The van der Waals surface area contributed by atoms with E-state index >= 15 is 0 Å². The Hall–Kier alpha value is -0.990. The molecule has 3 nitrogen and oxygen atoms in total. The zero-order valence-electron chi connectivity index (χ0n) is 9.80. The Morgan fingerprint density at radius 2 is 1.74 bits per heavy atom. The van der Waals surface area contributed by atoms with Gasteiger partial charge in [-0.1, -0.05) is 0 Å². The third kappa shape index (κ3) is 3.13.